The van der Waals surface area contributed by atoms with Crippen molar-refractivity contribution < 1.29 is 0 Å². The Kier molecular flexibility index (Phi) is 4.51. The van der Waals surface area contributed by atoms with Crippen molar-refractivity contribution in [2.24, 2.45) is 4.99 Å². The van der Waals surface area contributed by atoms with Crippen LogP contribution < -0.4 is 0 Å². The lowest BCUT2D eigenvalue weighted by atomic mass is 10.0. The zero-order valence-corrected chi connectivity index (χ0v) is 14.9. The molecule has 0 aliphatic carbocycles. The molecule has 102 valence electrons. The fourth-order valence-electron chi connectivity index (χ4n) is 2.48. The van der Waals surface area contributed by atoms with Gasteiger partial charge in [-0.05, 0) is 86.9 Å². The summed E-state index contributed by atoms with van der Waals surface area (Å²) in [6, 6.07) is 0. The van der Waals surface area contributed by atoms with Gasteiger partial charge < -0.3 is 4.98 Å². The molecule has 0 radical (unpaired) electrons. The molecule has 0 amide bonds. The van der Waals surface area contributed by atoms with Gasteiger partial charge in [-0.1, -0.05) is 13.8 Å². The number of nitrogens with one attached hydrogen (secondary N) is 1. The maximum atomic E-state index is 4.62. The van der Waals surface area contributed by atoms with Gasteiger partial charge in [-0.25, -0.2) is 4.99 Å². The number of nitrogens with zero attached hydrogens (tertiary/aromatic N) is 1. The molecule has 2 heterocycles. The molecule has 2 rings (SSSR count). The summed E-state index contributed by atoms with van der Waals surface area (Å²) in [4.78, 5) is 8.01. The number of H-pyrrole nitrogens is 1. The summed E-state index contributed by atoms with van der Waals surface area (Å²) in [5.74, 6) is 0. The van der Waals surface area contributed by atoms with E-state index in [1.807, 2.05) is 0 Å². The van der Waals surface area contributed by atoms with Crippen LogP contribution in [0.5, 0.6) is 0 Å². The number of aliphatic imine (C=N–C) groups is 1. The van der Waals surface area contributed by atoms with Gasteiger partial charge in [-0.15, -0.1) is 0 Å². The Morgan fingerprint density at radius 1 is 1.16 bits per heavy atom. The predicted octanol–water partition coefficient (Wildman–Crippen LogP) is 5.52. The van der Waals surface area contributed by atoms with Crippen molar-refractivity contribution in [2.75, 3.05) is 0 Å². The molecule has 0 bridgehead atoms. The van der Waals surface area contributed by atoms with E-state index in [0.717, 1.165) is 33.5 Å². The van der Waals surface area contributed by atoms with Crippen molar-refractivity contribution in [3.05, 3.63) is 38.3 Å². The molecular formula is C15H18Br2N2. The number of rotatable bonds is 3. The molecule has 1 N–H and O–H groups in total. The van der Waals surface area contributed by atoms with Crippen molar-refractivity contribution in [2.45, 2.75) is 40.5 Å². The first-order valence-corrected chi connectivity index (χ1v) is 8.11. The maximum absolute atomic E-state index is 4.62. The second-order valence-electron chi connectivity index (χ2n) is 4.70. The van der Waals surface area contributed by atoms with Crippen LogP contribution in [0.2, 0.25) is 0 Å². The van der Waals surface area contributed by atoms with Crippen LogP contribution >= 0.6 is 31.9 Å². The predicted molar refractivity (Wildman–Crippen MR) is 89.9 cm³/mol. The van der Waals surface area contributed by atoms with Gasteiger partial charge in [0.2, 0.25) is 0 Å². The second kappa shape index (κ2) is 5.80. The highest BCUT2D eigenvalue weighted by Crippen LogP contribution is 2.33. The van der Waals surface area contributed by atoms with Gasteiger partial charge in [0.1, 0.15) is 4.62 Å². The molecule has 19 heavy (non-hydrogen) atoms. The number of aromatic nitrogens is 1. The van der Waals surface area contributed by atoms with Gasteiger partial charge in [0.05, 0.1) is 10.3 Å². The van der Waals surface area contributed by atoms with Crippen molar-refractivity contribution in [3.8, 4) is 0 Å². The number of halogens is 2. The van der Waals surface area contributed by atoms with Gasteiger partial charge >= 0.3 is 0 Å². The van der Waals surface area contributed by atoms with E-state index >= 15 is 0 Å². The molecule has 1 aliphatic rings. The molecule has 0 saturated heterocycles. The third kappa shape index (κ3) is 2.65. The van der Waals surface area contributed by atoms with Crippen LogP contribution in [0.1, 0.15) is 44.0 Å². The van der Waals surface area contributed by atoms with E-state index in [-0.39, 0.29) is 0 Å². The van der Waals surface area contributed by atoms with Gasteiger partial charge in [-0.2, -0.15) is 0 Å². The fraction of sp³-hybridized carbons (Fsp3) is 0.400. The lowest BCUT2D eigenvalue weighted by Gasteiger charge is -2.03. The average molecular weight is 386 g/mol. The van der Waals surface area contributed by atoms with Crippen LogP contribution in [-0.4, -0.2) is 9.60 Å². The van der Waals surface area contributed by atoms with Crippen LogP contribution in [0.25, 0.3) is 6.08 Å². The summed E-state index contributed by atoms with van der Waals surface area (Å²) in [5, 5.41) is 0. The van der Waals surface area contributed by atoms with Crippen LogP contribution in [-0.2, 0) is 6.42 Å². The Hall–Kier alpha value is -0.610. The SMILES string of the molecule is CCC1=C(C)C(Br)=NC1=Cc1[nH]c(Br)c(C)c1CC. The lowest BCUT2D eigenvalue weighted by Crippen LogP contribution is -1.88. The molecule has 0 unspecified atom stereocenters. The Balaban J connectivity index is 2.51. The Labute approximate surface area is 131 Å². The van der Waals surface area contributed by atoms with E-state index in [9.17, 15) is 0 Å². The highest BCUT2D eigenvalue weighted by molar-refractivity contribution is 9.18. The molecule has 0 atom stereocenters. The maximum Gasteiger partial charge on any atom is 0.110 e. The molecule has 0 spiro atoms. The summed E-state index contributed by atoms with van der Waals surface area (Å²) < 4.78 is 2.02. The van der Waals surface area contributed by atoms with E-state index in [1.165, 1.54) is 22.3 Å². The molecule has 1 aromatic rings. The van der Waals surface area contributed by atoms with Crippen molar-refractivity contribution in [3.63, 3.8) is 0 Å². The number of allylic oxidation sites excluding steroid dienone is 2. The highest BCUT2D eigenvalue weighted by atomic mass is 79.9. The highest BCUT2D eigenvalue weighted by Gasteiger charge is 2.18. The number of hydrogen-bond acceptors (Lipinski definition) is 1. The smallest absolute Gasteiger partial charge is 0.110 e. The Morgan fingerprint density at radius 2 is 1.84 bits per heavy atom. The molecule has 0 saturated carbocycles. The monoisotopic (exact) mass is 384 g/mol. The number of hydrogen-bond donors (Lipinski definition) is 1. The van der Waals surface area contributed by atoms with E-state index in [2.05, 4.69) is 75.6 Å². The third-order valence-corrected chi connectivity index (χ3v) is 5.19. The quantitative estimate of drug-likeness (QED) is 0.709. The van der Waals surface area contributed by atoms with Gasteiger partial charge in [0, 0.05) is 5.69 Å². The zero-order valence-electron chi connectivity index (χ0n) is 11.7. The molecule has 0 aromatic carbocycles. The summed E-state index contributed by atoms with van der Waals surface area (Å²) in [5.41, 5.74) is 7.42. The van der Waals surface area contributed by atoms with E-state index in [0.29, 0.717) is 0 Å². The molecule has 2 nitrogen and oxygen atoms in total. The topological polar surface area (TPSA) is 28.1 Å². The largest absolute Gasteiger partial charge is 0.349 e. The van der Waals surface area contributed by atoms with Gasteiger partial charge in [0.15, 0.2) is 0 Å². The lowest BCUT2D eigenvalue weighted by molar-refractivity contribution is 1.09. The van der Waals surface area contributed by atoms with Crippen molar-refractivity contribution >= 4 is 42.6 Å². The summed E-state index contributed by atoms with van der Waals surface area (Å²) >= 11 is 7.10. The minimum absolute atomic E-state index is 0.955. The zero-order chi connectivity index (χ0) is 14.2. The van der Waals surface area contributed by atoms with E-state index in [1.54, 1.807) is 0 Å². The Morgan fingerprint density at radius 3 is 2.42 bits per heavy atom. The molecule has 0 fully saturated rings. The van der Waals surface area contributed by atoms with Gasteiger partial charge in [0.25, 0.3) is 0 Å². The first kappa shape index (κ1) is 14.8. The normalized spacial score (nSPS) is 17.6. The standard InChI is InChI=1S/C15H18Br2N2/c1-5-10-8(3)14(16)18-12(10)7-13-11(6-2)9(4)15(17)19-13/h7,18H,5-6H2,1-4H3. The summed E-state index contributed by atoms with van der Waals surface area (Å²) in [6.45, 7) is 8.60. The summed E-state index contributed by atoms with van der Waals surface area (Å²) in [7, 11) is 0. The third-order valence-electron chi connectivity index (χ3n) is 3.63. The second-order valence-corrected chi connectivity index (χ2v) is 6.24. The van der Waals surface area contributed by atoms with Crippen LogP contribution in [0.15, 0.2) is 26.4 Å². The van der Waals surface area contributed by atoms with E-state index in [4.69, 9.17) is 0 Å². The van der Waals surface area contributed by atoms with Crippen LogP contribution in [0.4, 0.5) is 0 Å². The summed E-state index contributed by atoms with van der Waals surface area (Å²) in [6.07, 6.45) is 4.17. The molecular weight excluding hydrogens is 368 g/mol. The Bertz CT molecular complexity index is 604. The molecule has 1 aromatic heterocycles. The minimum Gasteiger partial charge on any atom is -0.349 e. The number of aromatic amines is 1. The molecule has 4 heteroatoms. The molecule has 1 aliphatic heterocycles. The average Bonchev–Trinajstić information content (AvgIpc) is 2.79. The first-order chi connectivity index (χ1) is 8.99. The van der Waals surface area contributed by atoms with Crippen LogP contribution in [0, 0.1) is 6.92 Å². The van der Waals surface area contributed by atoms with E-state index < -0.39 is 0 Å². The first-order valence-electron chi connectivity index (χ1n) is 6.52. The minimum atomic E-state index is 0.955. The van der Waals surface area contributed by atoms with Gasteiger partial charge in [-0.3, -0.25) is 0 Å². The van der Waals surface area contributed by atoms with Crippen molar-refractivity contribution in [1.82, 2.24) is 4.98 Å². The van der Waals surface area contributed by atoms with Crippen molar-refractivity contribution in [1.29, 1.82) is 0 Å². The van der Waals surface area contributed by atoms with Crippen LogP contribution in [0.3, 0.4) is 0 Å². The fourth-order valence-corrected chi connectivity index (χ4v) is 3.36.